The van der Waals surface area contributed by atoms with Crippen LogP contribution in [0.4, 0.5) is 5.69 Å². The van der Waals surface area contributed by atoms with E-state index >= 15 is 0 Å². The summed E-state index contributed by atoms with van der Waals surface area (Å²) in [5.74, 6) is 0. The topological polar surface area (TPSA) is 43.1 Å². The average Bonchev–Trinajstić information content (AvgIpc) is 3.06. The summed E-state index contributed by atoms with van der Waals surface area (Å²) in [7, 11) is 0. The van der Waals surface area contributed by atoms with E-state index in [-0.39, 0.29) is 31.8 Å². The molecule has 0 aliphatic heterocycles. The molecule has 0 saturated carbocycles. The Morgan fingerprint density at radius 2 is 0.783 bits per heavy atom. The molecule has 6 rings (SSSR count). The number of nitrogens with zero attached hydrogens (tertiary/aromatic N) is 1. The Hall–Kier alpha value is -4.49. The van der Waals surface area contributed by atoms with Crippen LogP contribution in [0.25, 0.3) is 0 Å². The summed E-state index contributed by atoms with van der Waals surface area (Å²) in [4.78, 5) is 10.3. The minimum absolute atomic E-state index is 0.175. The van der Waals surface area contributed by atoms with Crippen molar-refractivity contribution in [1.29, 1.82) is 0 Å². The molecular weight excluding hydrogens is 676 g/mol. The zero-order valence-corrected chi connectivity index (χ0v) is 29.2. The lowest BCUT2D eigenvalue weighted by molar-refractivity contribution is -0.597. The molecule has 0 amide bonds. The Morgan fingerprint density at radius 1 is 0.457 bits per heavy atom. The quantitative estimate of drug-likeness (QED) is 0.107. The van der Waals surface area contributed by atoms with Gasteiger partial charge >= 0.3 is 21.2 Å². The lowest BCUT2D eigenvalue weighted by atomic mass is 9.13. The van der Waals surface area contributed by atoms with Gasteiger partial charge in [0.2, 0.25) is 3.57 Å². The summed E-state index contributed by atoms with van der Waals surface area (Å²) < 4.78 is 2.34. The molecule has 0 bridgehead atoms. The highest BCUT2D eigenvalue weighted by Crippen LogP contribution is 2.13. The zero-order valence-electron chi connectivity index (χ0n) is 27.1. The third-order valence-corrected chi connectivity index (χ3v) is 11.2. The van der Waals surface area contributed by atoms with Crippen molar-refractivity contribution >= 4 is 33.7 Å². The van der Waals surface area contributed by atoms with Gasteiger partial charge in [0, 0.05) is 6.07 Å². The van der Waals surface area contributed by atoms with Crippen LogP contribution in [-0.4, -0.2) is 11.1 Å². The second-order valence-corrected chi connectivity index (χ2v) is 15.2. The largest absolute Gasteiger partial charge is 0.358 e. The van der Waals surface area contributed by atoms with E-state index in [1.165, 1.54) is 59.3 Å². The van der Waals surface area contributed by atoms with Gasteiger partial charge in [-0.3, -0.25) is 10.1 Å². The van der Waals surface area contributed by atoms with Crippen LogP contribution in [0.15, 0.2) is 146 Å². The van der Waals surface area contributed by atoms with Gasteiger partial charge in [-0.25, -0.2) is 0 Å². The van der Waals surface area contributed by atoms with Crippen LogP contribution in [0.1, 0.15) is 27.8 Å². The van der Waals surface area contributed by atoms with Crippen molar-refractivity contribution in [2.45, 2.75) is 34.6 Å². The van der Waals surface area contributed by atoms with E-state index in [2.05, 4.69) is 156 Å². The van der Waals surface area contributed by atoms with Crippen LogP contribution in [0, 0.1) is 51.9 Å². The Kier molecular flexibility index (Phi) is 10.5. The molecule has 0 N–H and O–H groups in total. The summed E-state index contributed by atoms with van der Waals surface area (Å²) >= 11 is -0.331. The van der Waals surface area contributed by atoms with Crippen LogP contribution in [0.2, 0.25) is 0 Å². The number of aryl methyl sites for hydroxylation is 5. The molecule has 6 aromatic carbocycles. The molecule has 230 valence electrons. The molecule has 3 nitrogen and oxygen atoms in total. The van der Waals surface area contributed by atoms with Crippen molar-refractivity contribution < 1.29 is 26.1 Å². The summed E-state index contributed by atoms with van der Waals surface area (Å²) in [5, 5.41) is 10.7. The first-order valence-corrected chi connectivity index (χ1v) is 17.7. The Morgan fingerprint density at radius 3 is 1.11 bits per heavy atom. The van der Waals surface area contributed by atoms with Gasteiger partial charge in [-0.05, 0) is 52.8 Å². The van der Waals surface area contributed by atoms with Crippen LogP contribution in [0.5, 0.6) is 0 Å². The molecule has 0 atom stereocenters. The number of nitro benzene ring substituents is 1. The lowest BCUT2D eigenvalue weighted by Gasteiger charge is -2.44. The van der Waals surface area contributed by atoms with E-state index in [1.54, 1.807) is 12.1 Å². The summed E-state index contributed by atoms with van der Waals surface area (Å²) in [5.41, 5.74) is 12.0. The number of halogens is 1. The average molecular weight is 715 g/mol. The van der Waals surface area contributed by atoms with E-state index in [0.717, 1.165) is 3.57 Å². The van der Waals surface area contributed by atoms with Crippen LogP contribution in [-0.2, 0) is 0 Å². The fraction of sp³-hybridized carbons (Fsp3) is 0.122. The maximum absolute atomic E-state index is 10.7. The molecule has 0 aromatic heterocycles. The molecule has 5 heteroatoms. The van der Waals surface area contributed by atoms with Crippen LogP contribution in [0.3, 0.4) is 0 Å². The molecule has 0 saturated heterocycles. The van der Waals surface area contributed by atoms with Crippen molar-refractivity contribution in [2.24, 2.45) is 0 Å². The molecule has 6 aromatic rings. The molecule has 46 heavy (non-hydrogen) atoms. The van der Waals surface area contributed by atoms with Gasteiger partial charge in [-0.1, -0.05) is 143 Å². The van der Waals surface area contributed by atoms with E-state index in [0.29, 0.717) is 0 Å². The number of non-ortho nitro benzene ring substituents is 1. The predicted octanol–water partition coefficient (Wildman–Crippen LogP) is 4.33. The maximum Gasteiger partial charge on any atom is 0.358 e. The number of hydrogen-bond acceptors (Lipinski definition) is 2. The Balaban J connectivity index is 0.000000209. The number of rotatable bonds is 7. The van der Waals surface area contributed by atoms with Crippen molar-refractivity contribution in [3.05, 3.63) is 191 Å². The standard InChI is InChI=1S/C28H28B.C13H11INO2/c1-21-5-13-25(14-6-21)29(26-15-7-22(2)8-16-26,27-17-9-23(3)10-18-27)28-19-11-24(4)12-20-28;1-10-5-7-11(8-6-10)14-12-3-2-4-13(9-12)15(16)17/h5-20H,1-4H3;2-9H,1H3/q-1;+1. The SMILES string of the molecule is Cc1ccc([B-](c2ccc(C)cc2)(c2ccc(C)cc2)c2ccc(C)cc2)cc1.Cc1ccc([I+]c2cccc([N+](=O)[O-])c2)cc1. The minimum atomic E-state index is -1.27. The Labute approximate surface area is 283 Å². The molecule has 0 radical (unpaired) electrons. The lowest BCUT2D eigenvalue weighted by Crippen LogP contribution is -3.61. The normalized spacial score (nSPS) is 11.0. The van der Waals surface area contributed by atoms with Crippen molar-refractivity contribution in [3.63, 3.8) is 0 Å². The van der Waals surface area contributed by atoms with Gasteiger partial charge < -0.3 is 0 Å². The molecule has 0 aliphatic rings. The highest BCUT2D eigenvalue weighted by atomic mass is 127. The highest BCUT2D eigenvalue weighted by molar-refractivity contribution is 7.19. The third kappa shape index (κ3) is 7.65. The first kappa shape index (κ1) is 32.9. The smallest absolute Gasteiger partial charge is 0.258 e. The molecule has 0 unspecified atom stereocenters. The van der Waals surface area contributed by atoms with Crippen molar-refractivity contribution in [3.8, 4) is 0 Å². The molecular formula is C41H39BINO2. The highest BCUT2D eigenvalue weighted by Gasteiger charge is 2.31. The second-order valence-electron chi connectivity index (χ2n) is 12.1. The number of benzene rings is 6. The second kappa shape index (κ2) is 14.7. The molecule has 0 fully saturated rings. The van der Waals surface area contributed by atoms with E-state index in [9.17, 15) is 10.1 Å². The van der Waals surface area contributed by atoms with Gasteiger partial charge in [0.15, 0.2) is 3.57 Å². The summed E-state index contributed by atoms with van der Waals surface area (Å²) in [6, 6.07) is 51.7. The first-order chi connectivity index (χ1) is 22.1. The molecule has 0 spiro atoms. The van der Waals surface area contributed by atoms with E-state index in [1.807, 2.05) is 6.07 Å². The van der Waals surface area contributed by atoms with Crippen molar-refractivity contribution in [1.82, 2.24) is 0 Å². The predicted molar refractivity (Wildman–Crippen MR) is 191 cm³/mol. The maximum atomic E-state index is 10.7. The van der Waals surface area contributed by atoms with Crippen LogP contribution < -0.4 is 43.1 Å². The van der Waals surface area contributed by atoms with Gasteiger partial charge in [-0.2, -0.15) is 21.9 Å². The molecule has 0 heterocycles. The minimum Gasteiger partial charge on any atom is -0.258 e. The summed E-state index contributed by atoms with van der Waals surface area (Å²) in [6.45, 7) is 10.7. The van der Waals surface area contributed by atoms with E-state index < -0.39 is 6.15 Å². The van der Waals surface area contributed by atoms with Gasteiger partial charge in [0.05, 0.1) is 11.0 Å². The fourth-order valence-corrected chi connectivity index (χ4v) is 8.25. The monoisotopic (exact) mass is 715 g/mol. The fourth-order valence-electron chi connectivity index (χ4n) is 5.95. The number of hydrogen-bond donors (Lipinski definition) is 0. The summed E-state index contributed by atoms with van der Waals surface area (Å²) in [6.07, 6.45) is -1.27. The van der Waals surface area contributed by atoms with Crippen LogP contribution >= 0.6 is 0 Å². The first-order valence-electron chi connectivity index (χ1n) is 15.5. The third-order valence-electron chi connectivity index (χ3n) is 8.56. The number of nitro groups is 1. The Bertz CT molecular complexity index is 1710. The zero-order chi connectivity index (χ0) is 32.7. The van der Waals surface area contributed by atoms with Gasteiger partial charge in [-0.15, -0.1) is 0 Å². The van der Waals surface area contributed by atoms with E-state index in [4.69, 9.17) is 0 Å². The van der Waals surface area contributed by atoms with Gasteiger partial charge in [0.1, 0.15) is 6.15 Å². The van der Waals surface area contributed by atoms with Crippen molar-refractivity contribution in [2.75, 3.05) is 0 Å². The molecule has 0 aliphatic carbocycles. The van der Waals surface area contributed by atoms with Gasteiger partial charge in [0.25, 0.3) is 5.69 Å².